The van der Waals surface area contributed by atoms with Gasteiger partial charge in [0.1, 0.15) is 12.4 Å². The minimum Gasteiger partial charge on any atom is -0.491 e. The van der Waals surface area contributed by atoms with Gasteiger partial charge in [0, 0.05) is 38.6 Å². The van der Waals surface area contributed by atoms with Crippen molar-refractivity contribution >= 4 is 15.8 Å². The lowest BCUT2D eigenvalue weighted by molar-refractivity contribution is 0.110. The first kappa shape index (κ1) is 23.7. The zero-order chi connectivity index (χ0) is 22.0. The summed E-state index contributed by atoms with van der Waals surface area (Å²) in [5.41, 5.74) is 3.11. The summed E-state index contributed by atoms with van der Waals surface area (Å²) in [5, 5.41) is 6.52. The van der Waals surface area contributed by atoms with Gasteiger partial charge in [0.05, 0.1) is 11.5 Å². The molecular weight excluding hydrogens is 402 g/mol. The molecule has 0 saturated carbocycles. The van der Waals surface area contributed by atoms with Crippen LogP contribution in [-0.4, -0.2) is 47.5 Å². The van der Waals surface area contributed by atoms with Crippen molar-refractivity contribution in [3.05, 3.63) is 59.2 Å². The number of hydrogen-bond acceptors (Lipinski definition) is 5. The first-order valence-electron chi connectivity index (χ1n) is 9.87. The monoisotopic (exact) mass is 433 g/mol. The van der Waals surface area contributed by atoms with E-state index in [9.17, 15) is 8.42 Å². The van der Waals surface area contributed by atoms with Gasteiger partial charge in [-0.15, -0.1) is 0 Å². The predicted octanol–water partition coefficient (Wildman–Crippen LogP) is 2.68. The molecule has 0 bridgehead atoms. The zero-order valence-corrected chi connectivity index (χ0v) is 18.9. The van der Waals surface area contributed by atoms with Crippen LogP contribution in [0.4, 0.5) is 0 Å². The third-order valence-corrected chi connectivity index (χ3v) is 5.52. The lowest BCUT2D eigenvalue weighted by Gasteiger charge is -2.15. The summed E-state index contributed by atoms with van der Waals surface area (Å²) >= 11 is 0. The van der Waals surface area contributed by atoms with E-state index in [0.29, 0.717) is 43.8 Å². The maximum Gasteiger partial charge on any atom is 0.191 e. The topological polar surface area (TPSA) is 89.0 Å². The number of aliphatic imine (C=N–C) groups is 1. The van der Waals surface area contributed by atoms with Crippen LogP contribution >= 0.6 is 0 Å². The molecule has 0 aliphatic rings. The number of rotatable bonds is 10. The van der Waals surface area contributed by atoms with E-state index in [1.807, 2.05) is 32.0 Å². The van der Waals surface area contributed by atoms with Gasteiger partial charge in [-0.25, -0.2) is 8.42 Å². The summed E-state index contributed by atoms with van der Waals surface area (Å²) in [6, 6.07) is 12.9. The Balaban J connectivity index is 1.92. The van der Waals surface area contributed by atoms with E-state index < -0.39 is 9.84 Å². The number of hydrogen-bond donors (Lipinski definition) is 2. The Morgan fingerprint density at radius 3 is 2.37 bits per heavy atom. The van der Waals surface area contributed by atoms with E-state index in [4.69, 9.17) is 9.47 Å². The van der Waals surface area contributed by atoms with Crippen LogP contribution < -0.4 is 15.4 Å². The van der Waals surface area contributed by atoms with E-state index in [1.54, 1.807) is 31.3 Å². The van der Waals surface area contributed by atoms with Crippen LogP contribution in [-0.2, 0) is 27.7 Å². The highest BCUT2D eigenvalue weighted by molar-refractivity contribution is 7.90. The van der Waals surface area contributed by atoms with Crippen molar-refractivity contribution in [3.8, 4) is 5.75 Å². The smallest absolute Gasteiger partial charge is 0.191 e. The number of ether oxygens (including phenoxy) is 2. The molecule has 0 radical (unpaired) electrons. The van der Waals surface area contributed by atoms with Gasteiger partial charge in [-0.3, -0.25) is 4.99 Å². The Hall–Kier alpha value is -2.58. The molecule has 0 aliphatic carbocycles. The van der Waals surface area contributed by atoms with Crippen molar-refractivity contribution < 1.29 is 17.9 Å². The van der Waals surface area contributed by atoms with Gasteiger partial charge >= 0.3 is 0 Å². The molecule has 0 amide bonds. The van der Waals surface area contributed by atoms with Crippen molar-refractivity contribution in [2.75, 3.05) is 33.1 Å². The molecule has 0 aromatic heterocycles. The summed E-state index contributed by atoms with van der Waals surface area (Å²) < 4.78 is 34.3. The largest absolute Gasteiger partial charge is 0.491 e. The molecule has 0 heterocycles. The molecule has 7 nitrogen and oxygen atoms in total. The van der Waals surface area contributed by atoms with E-state index in [1.165, 1.54) is 6.26 Å². The maximum absolute atomic E-state index is 11.6. The molecule has 2 N–H and O–H groups in total. The van der Waals surface area contributed by atoms with Crippen molar-refractivity contribution in [2.24, 2.45) is 4.99 Å². The summed E-state index contributed by atoms with van der Waals surface area (Å²) in [4.78, 5) is 4.56. The zero-order valence-electron chi connectivity index (χ0n) is 18.1. The fourth-order valence-electron chi connectivity index (χ4n) is 2.74. The second kappa shape index (κ2) is 11.6. The first-order valence-corrected chi connectivity index (χ1v) is 11.8. The minimum atomic E-state index is -3.19. The van der Waals surface area contributed by atoms with Crippen molar-refractivity contribution in [1.82, 2.24) is 10.6 Å². The van der Waals surface area contributed by atoms with Gasteiger partial charge in [0.25, 0.3) is 0 Å². The highest BCUT2D eigenvalue weighted by Crippen LogP contribution is 2.20. The van der Waals surface area contributed by atoms with Gasteiger partial charge < -0.3 is 20.1 Å². The fraction of sp³-hybridized carbons (Fsp3) is 0.409. The highest BCUT2D eigenvalue weighted by Gasteiger charge is 2.08. The Morgan fingerprint density at radius 1 is 1.03 bits per heavy atom. The van der Waals surface area contributed by atoms with Crippen LogP contribution in [0.3, 0.4) is 0 Å². The number of sulfone groups is 1. The Bertz CT molecular complexity index is 941. The summed E-state index contributed by atoms with van der Waals surface area (Å²) in [7, 11) is -1.48. The summed E-state index contributed by atoms with van der Waals surface area (Å²) in [6.07, 6.45) is 1.20. The predicted molar refractivity (Wildman–Crippen MR) is 120 cm³/mol. The second-order valence-electron chi connectivity index (χ2n) is 6.85. The van der Waals surface area contributed by atoms with Crippen LogP contribution in [0.5, 0.6) is 5.75 Å². The average Bonchev–Trinajstić information content (AvgIpc) is 2.72. The number of nitrogens with one attached hydrogen (secondary N) is 2. The van der Waals surface area contributed by atoms with Crippen LogP contribution in [0.1, 0.15) is 23.6 Å². The maximum atomic E-state index is 11.6. The molecule has 8 heteroatoms. The number of aryl methyl sites for hydroxylation is 1. The van der Waals surface area contributed by atoms with Gasteiger partial charge in [-0.2, -0.15) is 0 Å². The van der Waals surface area contributed by atoms with E-state index >= 15 is 0 Å². The lowest BCUT2D eigenvalue weighted by atomic mass is 10.1. The van der Waals surface area contributed by atoms with E-state index in [0.717, 1.165) is 22.4 Å². The van der Waals surface area contributed by atoms with Gasteiger partial charge in [-0.1, -0.05) is 24.3 Å². The SMILES string of the molecule is CCOCCOc1cc(C)ccc1CNC(=NC)NCc1ccc(S(C)(=O)=O)cc1. The summed E-state index contributed by atoms with van der Waals surface area (Å²) in [5.74, 6) is 1.47. The van der Waals surface area contributed by atoms with E-state index in [-0.39, 0.29) is 0 Å². The molecule has 0 spiro atoms. The minimum absolute atomic E-state index is 0.310. The molecular formula is C22H31N3O4S. The fourth-order valence-corrected chi connectivity index (χ4v) is 3.37. The van der Waals surface area contributed by atoms with Gasteiger partial charge in [0.2, 0.25) is 0 Å². The van der Waals surface area contributed by atoms with E-state index in [2.05, 4.69) is 15.6 Å². The van der Waals surface area contributed by atoms with Crippen molar-refractivity contribution in [3.63, 3.8) is 0 Å². The van der Waals surface area contributed by atoms with Crippen LogP contribution in [0, 0.1) is 6.92 Å². The normalized spacial score (nSPS) is 11.9. The first-order chi connectivity index (χ1) is 14.3. The third-order valence-electron chi connectivity index (χ3n) is 4.39. The molecule has 0 unspecified atom stereocenters. The number of benzene rings is 2. The van der Waals surface area contributed by atoms with Crippen molar-refractivity contribution in [2.45, 2.75) is 31.8 Å². The molecule has 2 aromatic rings. The molecule has 0 atom stereocenters. The molecule has 0 saturated heterocycles. The van der Waals surface area contributed by atoms with Gasteiger partial charge in [0.15, 0.2) is 15.8 Å². The van der Waals surface area contributed by atoms with Crippen molar-refractivity contribution in [1.29, 1.82) is 0 Å². The van der Waals surface area contributed by atoms with Crippen LogP contribution in [0.2, 0.25) is 0 Å². The molecule has 0 fully saturated rings. The molecule has 2 rings (SSSR count). The third kappa shape index (κ3) is 7.68. The van der Waals surface area contributed by atoms with Crippen LogP contribution in [0.25, 0.3) is 0 Å². The number of nitrogens with zero attached hydrogens (tertiary/aromatic N) is 1. The standard InChI is InChI=1S/C22H31N3O4S/c1-5-28-12-13-29-21-14-17(2)6-9-19(21)16-25-22(23-3)24-15-18-7-10-20(11-8-18)30(4,26)27/h6-11,14H,5,12-13,15-16H2,1-4H3,(H2,23,24,25). The lowest BCUT2D eigenvalue weighted by Crippen LogP contribution is -2.36. The summed E-state index contributed by atoms with van der Waals surface area (Å²) in [6.45, 7) is 6.79. The highest BCUT2D eigenvalue weighted by atomic mass is 32.2. The molecule has 2 aromatic carbocycles. The Labute approximate surface area is 179 Å². The molecule has 164 valence electrons. The average molecular weight is 434 g/mol. The molecule has 0 aliphatic heterocycles. The quantitative estimate of drug-likeness (QED) is 0.340. The number of guanidine groups is 1. The van der Waals surface area contributed by atoms with Crippen LogP contribution in [0.15, 0.2) is 52.4 Å². The Kier molecular flexibility index (Phi) is 9.14. The van der Waals surface area contributed by atoms with Gasteiger partial charge in [-0.05, 0) is 43.2 Å². The second-order valence-corrected chi connectivity index (χ2v) is 8.87. The Morgan fingerprint density at radius 2 is 1.73 bits per heavy atom. The molecule has 30 heavy (non-hydrogen) atoms.